The van der Waals surface area contributed by atoms with Gasteiger partial charge in [-0.1, -0.05) is 42.5 Å². The maximum atomic E-state index is 12.7. The Hall–Kier alpha value is -3.48. The average molecular weight is 365 g/mol. The first-order valence-electron chi connectivity index (χ1n) is 8.40. The van der Waals surface area contributed by atoms with Gasteiger partial charge in [-0.3, -0.25) is 14.3 Å². The van der Waals surface area contributed by atoms with Gasteiger partial charge in [0.1, 0.15) is 6.04 Å². The number of carbonyl (C=O) groups is 2. The molecule has 3 rings (SSSR count). The number of carbonyl (C=O) groups excluding carboxylic acids is 2. The van der Waals surface area contributed by atoms with Crippen LogP contribution in [-0.4, -0.2) is 34.8 Å². The van der Waals surface area contributed by atoms with Crippen LogP contribution in [0.3, 0.4) is 0 Å². The van der Waals surface area contributed by atoms with Crippen molar-refractivity contribution in [2.45, 2.75) is 12.5 Å². The minimum absolute atomic E-state index is 0.243. The molecule has 0 aliphatic carbocycles. The van der Waals surface area contributed by atoms with Crippen molar-refractivity contribution in [2.75, 3.05) is 7.11 Å². The number of hydrogen-bond acceptors (Lipinski definition) is 5. The number of aryl methyl sites for hydroxylation is 1. The van der Waals surface area contributed by atoms with Crippen LogP contribution in [0.25, 0.3) is 10.9 Å². The highest BCUT2D eigenvalue weighted by Crippen LogP contribution is 2.09. The minimum Gasteiger partial charge on any atom is -0.467 e. The summed E-state index contributed by atoms with van der Waals surface area (Å²) in [5.74, 6) is -1.31. The number of benzene rings is 2. The van der Waals surface area contributed by atoms with Crippen molar-refractivity contribution >= 4 is 22.8 Å². The predicted molar refractivity (Wildman–Crippen MR) is 100 cm³/mol. The standard InChI is InChI=1S/C20H19N3O4/c1-23-16-11-7-6-10-14(16)18(24)17(22-23)19(25)21-15(20(26)27-2)12-13-8-4-3-5-9-13/h3-11,15H,12H2,1-2H3,(H,21,25). The summed E-state index contributed by atoms with van der Waals surface area (Å²) in [4.78, 5) is 37.4. The van der Waals surface area contributed by atoms with Gasteiger partial charge in [0, 0.05) is 18.9 Å². The summed E-state index contributed by atoms with van der Waals surface area (Å²) in [5, 5.41) is 7.05. The zero-order valence-electron chi connectivity index (χ0n) is 15.0. The van der Waals surface area contributed by atoms with Gasteiger partial charge in [0.25, 0.3) is 5.91 Å². The van der Waals surface area contributed by atoms with Crippen LogP contribution in [-0.2, 0) is 23.0 Å². The van der Waals surface area contributed by atoms with Crippen molar-refractivity contribution in [3.05, 3.63) is 76.1 Å². The summed E-state index contributed by atoms with van der Waals surface area (Å²) in [6.45, 7) is 0. The molecule has 27 heavy (non-hydrogen) atoms. The Labute approximate surface area is 155 Å². The van der Waals surface area contributed by atoms with E-state index in [2.05, 4.69) is 10.4 Å². The number of rotatable bonds is 5. The fourth-order valence-corrected chi connectivity index (χ4v) is 2.89. The number of aromatic nitrogens is 2. The van der Waals surface area contributed by atoms with Crippen LogP contribution in [0.15, 0.2) is 59.4 Å². The Bertz CT molecular complexity index is 1040. The average Bonchev–Trinajstić information content (AvgIpc) is 2.70. The molecule has 0 fully saturated rings. The second-order valence-corrected chi connectivity index (χ2v) is 6.06. The van der Waals surface area contributed by atoms with Crippen molar-refractivity contribution in [2.24, 2.45) is 7.05 Å². The lowest BCUT2D eigenvalue weighted by Crippen LogP contribution is -2.45. The van der Waals surface area contributed by atoms with Crippen LogP contribution in [0.1, 0.15) is 16.1 Å². The summed E-state index contributed by atoms with van der Waals surface area (Å²) < 4.78 is 6.26. The number of methoxy groups -OCH3 is 1. The van der Waals surface area contributed by atoms with Gasteiger partial charge in [-0.15, -0.1) is 0 Å². The quantitative estimate of drug-likeness (QED) is 0.691. The van der Waals surface area contributed by atoms with Crippen LogP contribution < -0.4 is 10.7 Å². The number of para-hydroxylation sites is 1. The van der Waals surface area contributed by atoms with E-state index in [-0.39, 0.29) is 12.1 Å². The highest BCUT2D eigenvalue weighted by Gasteiger charge is 2.25. The van der Waals surface area contributed by atoms with E-state index >= 15 is 0 Å². The number of fused-ring (bicyclic) bond motifs is 1. The fraction of sp³-hybridized carbons (Fsp3) is 0.200. The molecule has 1 atom stereocenters. The minimum atomic E-state index is -0.928. The van der Waals surface area contributed by atoms with Crippen molar-refractivity contribution in [1.29, 1.82) is 0 Å². The molecular formula is C20H19N3O4. The van der Waals surface area contributed by atoms with Gasteiger partial charge in [-0.25, -0.2) is 4.79 Å². The molecule has 0 saturated carbocycles. The molecule has 1 N–H and O–H groups in total. The van der Waals surface area contributed by atoms with E-state index in [0.717, 1.165) is 5.56 Å². The van der Waals surface area contributed by atoms with Gasteiger partial charge in [0.2, 0.25) is 5.43 Å². The third kappa shape index (κ3) is 3.87. The summed E-state index contributed by atoms with van der Waals surface area (Å²) in [6, 6.07) is 15.2. The summed E-state index contributed by atoms with van der Waals surface area (Å²) in [6.07, 6.45) is 0.243. The number of amides is 1. The fourth-order valence-electron chi connectivity index (χ4n) is 2.89. The summed E-state index contributed by atoms with van der Waals surface area (Å²) >= 11 is 0. The Morgan fingerprint density at radius 3 is 2.48 bits per heavy atom. The molecule has 3 aromatic rings. The third-order valence-corrected chi connectivity index (χ3v) is 4.25. The second kappa shape index (κ2) is 7.82. The first kappa shape index (κ1) is 18.3. The normalized spacial score (nSPS) is 11.8. The molecule has 1 heterocycles. The van der Waals surface area contributed by atoms with Crippen LogP contribution in [0.2, 0.25) is 0 Å². The zero-order chi connectivity index (χ0) is 19.4. The van der Waals surface area contributed by atoms with E-state index in [0.29, 0.717) is 10.9 Å². The van der Waals surface area contributed by atoms with Gasteiger partial charge in [-0.05, 0) is 17.7 Å². The van der Waals surface area contributed by atoms with Gasteiger partial charge in [0.15, 0.2) is 5.69 Å². The van der Waals surface area contributed by atoms with Crippen molar-refractivity contribution in [1.82, 2.24) is 15.1 Å². The topological polar surface area (TPSA) is 90.3 Å². The van der Waals surface area contributed by atoms with Gasteiger partial charge < -0.3 is 10.1 Å². The lowest BCUT2D eigenvalue weighted by atomic mass is 10.1. The molecule has 138 valence electrons. The molecule has 0 spiro atoms. The molecule has 1 amide bonds. The lowest BCUT2D eigenvalue weighted by molar-refractivity contribution is -0.142. The van der Waals surface area contributed by atoms with E-state index in [4.69, 9.17) is 4.74 Å². The van der Waals surface area contributed by atoms with Crippen LogP contribution in [0.4, 0.5) is 0 Å². The molecule has 7 heteroatoms. The molecule has 0 aliphatic heterocycles. The van der Waals surface area contributed by atoms with Gasteiger partial charge in [0.05, 0.1) is 12.6 Å². The molecule has 1 unspecified atom stereocenters. The van der Waals surface area contributed by atoms with E-state index < -0.39 is 23.3 Å². The predicted octanol–water partition coefficient (Wildman–Crippen LogP) is 1.45. The molecule has 0 radical (unpaired) electrons. The smallest absolute Gasteiger partial charge is 0.328 e. The van der Waals surface area contributed by atoms with Crippen LogP contribution in [0.5, 0.6) is 0 Å². The Morgan fingerprint density at radius 2 is 1.78 bits per heavy atom. The summed E-state index contributed by atoms with van der Waals surface area (Å²) in [5.41, 5.74) is 0.725. The number of esters is 1. The van der Waals surface area contributed by atoms with Crippen molar-refractivity contribution in [3.63, 3.8) is 0 Å². The lowest BCUT2D eigenvalue weighted by Gasteiger charge is -2.16. The largest absolute Gasteiger partial charge is 0.467 e. The van der Waals surface area contributed by atoms with E-state index in [9.17, 15) is 14.4 Å². The van der Waals surface area contributed by atoms with Gasteiger partial charge >= 0.3 is 5.97 Å². The first-order valence-corrected chi connectivity index (χ1v) is 8.40. The molecular weight excluding hydrogens is 346 g/mol. The van der Waals surface area contributed by atoms with E-state index in [1.54, 1.807) is 31.3 Å². The monoisotopic (exact) mass is 365 g/mol. The van der Waals surface area contributed by atoms with Crippen LogP contribution >= 0.6 is 0 Å². The Balaban J connectivity index is 1.92. The van der Waals surface area contributed by atoms with E-state index in [1.165, 1.54) is 11.8 Å². The number of nitrogens with zero attached hydrogens (tertiary/aromatic N) is 2. The van der Waals surface area contributed by atoms with Crippen molar-refractivity contribution < 1.29 is 14.3 Å². The highest BCUT2D eigenvalue weighted by atomic mass is 16.5. The Kier molecular flexibility index (Phi) is 5.30. The van der Waals surface area contributed by atoms with Gasteiger partial charge in [-0.2, -0.15) is 5.10 Å². The van der Waals surface area contributed by atoms with E-state index in [1.807, 2.05) is 30.3 Å². The summed E-state index contributed by atoms with van der Waals surface area (Å²) in [7, 11) is 2.90. The number of nitrogens with one attached hydrogen (secondary N) is 1. The number of hydrogen-bond donors (Lipinski definition) is 1. The first-order chi connectivity index (χ1) is 13.0. The molecule has 0 aliphatic rings. The van der Waals surface area contributed by atoms with Crippen molar-refractivity contribution in [3.8, 4) is 0 Å². The highest BCUT2D eigenvalue weighted by molar-refractivity contribution is 5.97. The molecule has 1 aromatic heterocycles. The second-order valence-electron chi connectivity index (χ2n) is 6.06. The number of ether oxygens (including phenoxy) is 1. The third-order valence-electron chi connectivity index (χ3n) is 4.25. The van der Waals surface area contributed by atoms with Crippen LogP contribution in [0, 0.1) is 0 Å². The maximum Gasteiger partial charge on any atom is 0.328 e. The molecule has 0 saturated heterocycles. The zero-order valence-corrected chi connectivity index (χ0v) is 15.0. The molecule has 0 bridgehead atoms. The SMILES string of the molecule is COC(=O)C(Cc1ccccc1)NC(=O)c1nn(C)c2ccccc2c1=O. The maximum absolute atomic E-state index is 12.7. The molecule has 2 aromatic carbocycles. The molecule has 7 nitrogen and oxygen atoms in total. The Morgan fingerprint density at radius 1 is 1.11 bits per heavy atom.